The Morgan fingerprint density at radius 3 is 2.64 bits per heavy atom. The molecule has 0 radical (unpaired) electrons. The molecule has 0 saturated heterocycles. The molecule has 1 N–H and O–H groups in total. The van der Waals surface area contributed by atoms with Gasteiger partial charge in [-0.2, -0.15) is 13.2 Å². The zero-order chi connectivity index (χ0) is 18.6. The van der Waals surface area contributed by atoms with Gasteiger partial charge in [-0.25, -0.2) is 19.2 Å². The Balaban J connectivity index is 2.36. The highest BCUT2D eigenvalue weighted by Crippen LogP contribution is 2.34. The van der Waals surface area contributed by atoms with Gasteiger partial charge in [-0.1, -0.05) is 6.92 Å². The van der Waals surface area contributed by atoms with E-state index in [1.165, 1.54) is 0 Å². The van der Waals surface area contributed by atoms with Crippen molar-refractivity contribution in [1.29, 1.82) is 0 Å². The molecule has 2 aromatic heterocycles. The van der Waals surface area contributed by atoms with Gasteiger partial charge in [-0.3, -0.25) is 10.3 Å². The van der Waals surface area contributed by atoms with E-state index in [0.717, 1.165) is 24.7 Å². The standard InChI is InChI=1S/C15H14F4N4O2/c1-3-8(2)25-14(24)22-11-7-21-13(23-12(11)15(17,18)19)9-4-10(16)6-20-5-9/h4-8H,3H2,1-2H3,(H,22,24). The van der Waals surface area contributed by atoms with Gasteiger partial charge in [0, 0.05) is 11.8 Å². The number of hydrogen-bond donors (Lipinski definition) is 1. The number of halogens is 4. The van der Waals surface area contributed by atoms with Crippen molar-refractivity contribution in [1.82, 2.24) is 15.0 Å². The smallest absolute Gasteiger partial charge is 0.435 e. The van der Waals surface area contributed by atoms with Gasteiger partial charge in [-0.05, 0) is 19.4 Å². The number of alkyl halides is 3. The lowest BCUT2D eigenvalue weighted by molar-refractivity contribution is -0.140. The van der Waals surface area contributed by atoms with Crippen molar-refractivity contribution in [3.63, 3.8) is 0 Å². The topological polar surface area (TPSA) is 77.0 Å². The van der Waals surface area contributed by atoms with Gasteiger partial charge in [0.1, 0.15) is 11.9 Å². The minimum absolute atomic E-state index is 0.0285. The molecule has 25 heavy (non-hydrogen) atoms. The number of anilines is 1. The van der Waals surface area contributed by atoms with Crippen LogP contribution < -0.4 is 5.32 Å². The molecule has 0 aromatic carbocycles. The van der Waals surface area contributed by atoms with E-state index in [1.807, 2.05) is 5.32 Å². The number of ether oxygens (including phenoxy) is 1. The highest BCUT2D eigenvalue weighted by atomic mass is 19.4. The molecule has 0 aliphatic carbocycles. The minimum Gasteiger partial charge on any atom is -0.446 e. The largest absolute Gasteiger partial charge is 0.446 e. The molecule has 1 amide bonds. The summed E-state index contributed by atoms with van der Waals surface area (Å²) >= 11 is 0. The molecule has 1 unspecified atom stereocenters. The Morgan fingerprint density at radius 2 is 2.04 bits per heavy atom. The highest BCUT2D eigenvalue weighted by Gasteiger charge is 2.37. The Morgan fingerprint density at radius 1 is 1.32 bits per heavy atom. The lowest BCUT2D eigenvalue weighted by Crippen LogP contribution is -2.22. The van der Waals surface area contributed by atoms with Crippen LogP contribution in [0.3, 0.4) is 0 Å². The third-order valence-corrected chi connectivity index (χ3v) is 3.14. The van der Waals surface area contributed by atoms with Gasteiger partial charge in [0.25, 0.3) is 0 Å². The number of carbonyl (C=O) groups excluding carboxylic acids is 1. The predicted molar refractivity (Wildman–Crippen MR) is 80.1 cm³/mol. The second kappa shape index (κ2) is 7.41. The maximum Gasteiger partial charge on any atom is 0.435 e. The fourth-order valence-corrected chi connectivity index (χ4v) is 1.77. The first kappa shape index (κ1) is 18.6. The normalized spacial score (nSPS) is 12.6. The third kappa shape index (κ3) is 4.85. The summed E-state index contributed by atoms with van der Waals surface area (Å²) in [5, 5.41) is 1.98. The van der Waals surface area contributed by atoms with Gasteiger partial charge in [0.2, 0.25) is 0 Å². The number of carbonyl (C=O) groups is 1. The molecule has 6 nitrogen and oxygen atoms in total. The van der Waals surface area contributed by atoms with Crippen molar-refractivity contribution in [2.45, 2.75) is 32.5 Å². The van der Waals surface area contributed by atoms with E-state index >= 15 is 0 Å². The number of rotatable bonds is 4. The molecule has 2 rings (SSSR count). The number of hydrogen-bond acceptors (Lipinski definition) is 5. The molecule has 0 aliphatic heterocycles. The SMILES string of the molecule is CCC(C)OC(=O)Nc1cnc(-c2cncc(F)c2)nc1C(F)(F)F. The van der Waals surface area contributed by atoms with Crippen LogP contribution in [0.1, 0.15) is 26.0 Å². The van der Waals surface area contributed by atoms with E-state index < -0.39 is 35.6 Å². The third-order valence-electron chi connectivity index (χ3n) is 3.14. The Kier molecular flexibility index (Phi) is 5.50. The quantitative estimate of drug-likeness (QED) is 0.835. The average Bonchev–Trinajstić information content (AvgIpc) is 2.54. The molecule has 2 aromatic rings. The second-order valence-electron chi connectivity index (χ2n) is 5.09. The number of nitrogens with one attached hydrogen (secondary N) is 1. The van der Waals surface area contributed by atoms with Gasteiger partial charge < -0.3 is 4.74 Å². The van der Waals surface area contributed by atoms with Crippen molar-refractivity contribution in [2.75, 3.05) is 5.32 Å². The lowest BCUT2D eigenvalue weighted by atomic mass is 10.2. The summed E-state index contributed by atoms with van der Waals surface area (Å²) in [7, 11) is 0. The van der Waals surface area contributed by atoms with E-state index in [2.05, 4.69) is 15.0 Å². The Hall–Kier alpha value is -2.78. The fourth-order valence-electron chi connectivity index (χ4n) is 1.77. The molecule has 0 aliphatic rings. The highest BCUT2D eigenvalue weighted by molar-refractivity contribution is 5.85. The van der Waals surface area contributed by atoms with E-state index in [0.29, 0.717) is 6.42 Å². The second-order valence-corrected chi connectivity index (χ2v) is 5.09. The zero-order valence-electron chi connectivity index (χ0n) is 13.3. The molecule has 10 heteroatoms. The van der Waals surface area contributed by atoms with Crippen LogP contribution in [0.15, 0.2) is 24.7 Å². The first-order valence-electron chi connectivity index (χ1n) is 7.23. The Bertz CT molecular complexity index is 767. The minimum atomic E-state index is -4.86. The van der Waals surface area contributed by atoms with E-state index in [-0.39, 0.29) is 11.4 Å². The van der Waals surface area contributed by atoms with E-state index in [4.69, 9.17) is 4.74 Å². The van der Waals surface area contributed by atoms with Gasteiger partial charge in [-0.15, -0.1) is 0 Å². The van der Waals surface area contributed by atoms with Crippen LogP contribution >= 0.6 is 0 Å². The summed E-state index contributed by atoms with van der Waals surface area (Å²) in [5.41, 5.74) is -2.06. The summed E-state index contributed by atoms with van der Waals surface area (Å²) in [4.78, 5) is 22.3. The molecular weight excluding hydrogens is 344 g/mol. The monoisotopic (exact) mass is 358 g/mol. The maximum atomic E-state index is 13.2. The molecule has 0 spiro atoms. The summed E-state index contributed by atoms with van der Waals surface area (Å²) in [5.74, 6) is -1.12. The van der Waals surface area contributed by atoms with Crippen molar-refractivity contribution in [3.05, 3.63) is 36.2 Å². The van der Waals surface area contributed by atoms with Gasteiger partial charge in [0.15, 0.2) is 11.5 Å². The summed E-state index contributed by atoms with van der Waals surface area (Å²) < 4.78 is 57.7. The lowest BCUT2D eigenvalue weighted by Gasteiger charge is -2.15. The van der Waals surface area contributed by atoms with Crippen LogP contribution in [0.25, 0.3) is 11.4 Å². The van der Waals surface area contributed by atoms with E-state index in [9.17, 15) is 22.4 Å². The van der Waals surface area contributed by atoms with Gasteiger partial charge >= 0.3 is 12.3 Å². The summed E-state index contributed by atoms with van der Waals surface area (Å²) in [6.07, 6.45) is -3.07. The fraction of sp³-hybridized carbons (Fsp3) is 0.333. The number of amides is 1. The van der Waals surface area contributed by atoms with Crippen LogP contribution in [-0.4, -0.2) is 27.1 Å². The van der Waals surface area contributed by atoms with E-state index in [1.54, 1.807) is 13.8 Å². The number of nitrogens with zero attached hydrogens (tertiary/aromatic N) is 3. The molecular formula is C15H14F4N4O2. The van der Waals surface area contributed by atoms with Crippen molar-refractivity contribution in [3.8, 4) is 11.4 Å². The summed E-state index contributed by atoms with van der Waals surface area (Å²) in [6, 6.07) is 0.951. The van der Waals surface area contributed by atoms with Crippen molar-refractivity contribution in [2.24, 2.45) is 0 Å². The summed E-state index contributed by atoms with van der Waals surface area (Å²) in [6.45, 7) is 3.35. The zero-order valence-corrected chi connectivity index (χ0v) is 13.3. The van der Waals surface area contributed by atoms with Crippen LogP contribution in [-0.2, 0) is 10.9 Å². The first-order valence-corrected chi connectivity index (χ1v) is 7.23. The predicted octanol–water partition coefficient (Wildman–Crippen LogP) is 4.04. The molecule has 2 heterocycles. The average molecular weight is 358 g/mol. The van der Waals surface area contributed by atoms with Crippen LogP contribution in [0.5, 0.6) is 0 Å². The Labute approximate surface area is 140 Å². The van der Waals surface area contributed by atoms with Crippen LogP contribution in [0.2, 0.25) is 0 Å². The molecule has 0 fully saturated rings. The van der Waals surface area contributed by atoms with Crippen molar-refractivity contribution < 1.29 is 27.1 Å². The molecule has 1 atom stereocenters. The maximum absolute atomic E-state index is 13.2. The number of aromatic nitrogens is 3. The van der Waals surface area contributed by atoms with Crippen LogP contribution in [0.4, 0.5) is 28.0 Å². The van der Waals surface area contributed by atoms with Gasteiger partial charge in [0.05, 0.1) is 18.1 Å². The molecule has 0 bridgehead atoms. The molecule has 134 valence electrons. The first-order chi connectivity index (χ1) is 11.7. The van der Waals surface area contributed by atoms with Crippen LogP contribution in [0, 0.1) is 5.82 Å². The van der Waals surface area contributed by atoms with Crippen molar-refractivity contribution >= 4 is 11.8 Å². The number of pyridine rings is 1. The molecule has 0 saturated carbocycles.